The molecule has 1 fully saturated rings. The minimum absolute atomic E-state index is 0.196. The highest BCUT2D eigenvalue weighted by molar-refractivity contribution is 5.83. The summed E-state index contributed by atoms with van der Waals surface area (Å²) < 4.78 is 15.1. The Kier molecular flexibility index (Phi) is 3.10. The van der Waals surface area contributed by atoms with Crippen molar-refractivity contribution in [2.45, 2.75) is 18.8 Å². The van der Waals surface area contributed by atoms with E-state index in [1.807, 2.05) is 24.0 Å². The Balaban J connectivity index is 1.54. The molecule has 22 heavy (non-hydrogen) atoms. The molecule has 1 saturated heterocycles. The monoisotopic (exact) mass is 299 g/mol. The molecule has 3 heterocycles. The number of hydrogen-bond acceptors (Lipinski definition) is 3. The lowest BCUT2D eigenvalue weighted by atomic mass is 9.89. The molecule has 0 atom stereocenters. The van der Waals surface area contributed by atoms with Gasteiger partial charge in [0.15, 0.2) is 0 Å². The molecular formula is C16H18FN5. The topological polar surface area (TPSA) is 49.7 Å². The van der Waals surface area contributed by atoms with Crippen LogP contribution in [0.4, 0.5) is 10.3 Å². The molecule has 2 aromatic heterocycles. The predicted octanol–water partition coefficient (Wildman–Crippen LogP) is 2.82. The largest absolute Gasteiger partial charge is 0.361 e. The Hall–Kier alpha value is -2.37. The van der Waals surface area contributed by atoms with Gasteiger partial charge >= 0.3 is 0 Å². The average Bonchev–Trinajstić information content (AvgIpc) is 3.13. The first-order chi connectivity index (χ1) is 10.7. The van der Waals surface area contributed by atoms with Gasteiger partial charge in [-0.05, 0) is 42.5 Å². The molecule has 1 aromatic carbocycles. The van der Waals surface area contributed by atoms with Crippen molar-refractivity contribution in [1.82, 2.24) is 19.7 Å². The molecule has 5 nitrogen and oxygen atoms in total. The Morgan fingerprint density at radius 1 is 1.27 bits per heavy atom. The number of piperidine rings is 1. The molecule has 0 bridgehead atoms. The molecule has 1 N–H and O–H groups in total. The molecule has 4 rings (SSSR count). The van der Waals surface area contributed by atoms with Crippen LogP contribution in [-0.2, 0) is 7.05 Å². The first-order valence-corrected chi connectivity index (χ1v) is 7.58. The molecule has 0 spiro atoms. The van der Waals surface area contributed by atoms with Gasteiger partial charge in [0.1, 0.15) is 12.1 Å². The van der Waals surface area contributed by atoms with Crippen LogP contribution in [0.1, 0.15) is 24.3 Å². The van der Waals surface area contributed by atoms with E-state index >= 15 is 0 Å². The number of halogens is 1. The highest BCUT2D eigenvalue weighted by Gasteiger charge is 2.24. The Morgan fingerprint density at radius 3 is 2.82 bits per heavy atom. The summed E-state index contributed by atoms with van der Waals surface area (Å²) in [6, 6.07) is 4.98. The second-order valence-electron chi connectivity index (χ2n) is 5.88. The SMILES string of the molecule is Cn1ncnc1N1CCC(c2c[nH]c3cc(F)ccc23)CC1. The van der Waals surface area contributed by atoms with Crippen LogP contribution in [-0.4, -0.2) is 32.8 Å². The van der Waals surface area contributed by atoms with Crippen molar-refractivity contribution in [3.05, 3.63) is 42.1 Å². The summed E-state index contributed by atoms with van der Waals surface area (Å²) in [6.45, 7) is 1.93. The van der Waals surface area contributed by atoms with Gasteiger partial charge in [0.2, 0.25) is 5.95 Å². The van der Waals surface area contributed by atoms with Gasteiger partial charge in [0.05, 0.1) is 0 Å². The third kappa shape index (κ3) is 2.15. The number of aryl methyl sites for hydroxylation is 1. The van der Waals surface area contributed by atoms with Crippen molar-refractivity contribution in [2.75, 3.05) is 18.0 Å². The molecule has 6 heteroatoms. The summed E-state index contributed by atoms with van der Waals surface area (Å²) in [5.74, 6) is 1.24. The van der Waals surface area contributed by atoms with E-state index in [1.165, 1.54) is 11.6 Å². The zero-order chi connectivity index (χ0) is 15.1. The average molecular weight is 299 g/mol. The number of benzene rings is 1. The maximum atomic E-state index is 13.3. The van der Waals surface area contributed by atoms with Gasteiger partial charge < -0.3 is 9.88 Å². The van der Waals surface area contributed by atoms with Crippen molar-refractivity contribution in [3.8, 4) is 0 Å². The van der Waals surface area contributed by atoms with Crippen LogP contribution in [0.2, 0.25) is 0 Å². The van der Waals surface area contributed by atoms with E-state index in [4.69, 9.17) is 0 Å². The van der Waals surface area contributed by atoms with E-state index in [-0.39, 0.29) is 5.82 Å². The van der Waals surface area contributed by atoms with E-state index < -0.39 is 0 Å². The van der Waals surface area contributed by atoms with E-state index in [2.05, 4.69) is 20.0 Å². The number of H-pyrrole nitrogens is 1. The highest BCUT2D eigenvalue weighted by atomic mass is 19.1. The molecule has 1 aliphatic rings. The van der Waals surface area contributed by atoms with Gasteiger partial charge in [0.25, 0.3) is 0 Å². The van der Waals surface area contributed by atoms with Crippen molar-refractivity contribution >= 4 is 16.9 Å². The Bertz CT molecular complexity index is 798. The number of aromatic amines is 1. The second kappa shape index (κ2) is 5.12. The Morgan fingerprint density at radius 2 is 2.09 bits per heavy atom. The van der Waals surface area contributed by atoms with Crippen LogP contribution in [0, 0.1) is 5.82 Å². The van der Waals surface area contributed by atoms with Crippen LogP contribution in [0.25, 0.3) is 10.9 Å². The standard InChI is InChI=1S/C16H18FN5/c1-21-16(19-10-20-21)22-6-4-11(5-7-22)14-9-18-15-8-12(17)2-3-13(14)15/h2-3,8-11,18H,4-7H2,1H3. The maximum absolute atomic E-state index is 13.3. The third-order valence-electron chi connectivity index (χ3n) is 4.58. The van der Waals surface area contributed by atoms with Crippen LogP contribution in [0.15, 0.2) is 30.7 Å². The number of nitrogens with zero attached hydrogens (tertiary/aromatic N) is 4. The fourth-order valence-corrected chi connectivity index (χ4v) is 3.43. The fourth-order valence-electron chi connectivity index (χ4n) is 3.43. The number of aromatic nitrogens is 4. The number of hydrogen-bond donors (Lipinski definition) is 1. The van der Waals surface area contributed by atoms with Gasteiger partial charge in [-0.25, -0.2) is 9.07 Å². The number of rotatable bonds is 2. The Labute approximate surface area is 127 Å². The first kappa shape index (κ1) is 13.3. The van der Waals surface area contributed by atoms with Gasteiger partial charge in [-0.15, -0.1) is 0 Å². The highest BCUT2D eigenvalue weighted by Crippen LogP contribution is 2.34. The van der Waals surface area contributed by atoms with Crippen LogP contribution < -0.4 is 4.90 Å². The smallest absolute Gasteiger partial charge is 0.223 e. The fraction of sp³-hybridized carbons (Fsp3) is 0.375. The van der Waals surface area contributed by atoms with Crippen molar-refractivity contribution < 1.29 is 4.39 Å². The minimum atomic E-state index is -0.196. The lowest BCUT2D eigenvalue weighted by molar-refractivity contribution is 0.496. The molecule has 0 unspecified atom stereocenters. The lowest BCUT2D eigenvalue weighted by Crippen LogP contribution is -2.34. The summed E-state index contributed by atoms with van der Waals surface area (Å²) in [6.07, 6.45) is 5.76. The van der Waals surface area contributed by atoms with Gasteiger partial charge in [-0.1, -0.05) is 0 Å². The summed E-state index contributed by atoms with van der Waals surface area (Å²) in [5, 5.41) is 5.27. The summed E-state index contributed by atoms with van der Waals surface area (Å²) in [7, 11) is 1.92. The van der Waals surface area contributed by atoms with Gasteiger partial charge in [0, 0.05) is 37.2 Å². The van der Waals surface area contributed by atoms with Crippen molar-refractivity contribution in [3.63, 3.8) is 0 Å². The molecule has 1 aliphatic heterocycles. The predicted molar refractivity (Wildman–Crippen MR) is 83.4 cm³/mol. The van der Waals surface area contributed by atoms with Crippen molar-refractivity contribution in [1.29, 1.82) is 0 Å². The van der Waals surface area contributed by atoms with E-state index in [0.29, 0.717) is 5.92 Å². The van der Waals surface area contributed by atoms with Crippen LogP contribution >= 0.6 is 0 Å². The maximum Gasteiger partial charge on any atom is 0.223 e. The van der Waals surface area contributed by atoms with Crippen molar-refractivity contribution in [2.24, 2.45) is 7.05 Å². The zero-order valence-electron chi connectivity index (χ0n) is 12.5. The van der Waals surface area contributed by atoms with Gasteiger partial charge in [-0.2, -0.15) is 10.1 Å². The summed E-state index contributed by atoms with van der Waals surface area (Å²) in [4.78, 5) is 9.79. The molecule has 0 amide bonds. The lowest BCUT2D eigenvalue weighted by Gasteiger charge is -2.32. The quantitative estimate of drug-likeness (QED) is 0.791. The molecule has 3 aromatic rings. The molecule has 114 valence electrons. The normalized spacial score (nSPS) is 16.5. The van der Waals surface area contributed by atoms with Crippen LogP contribution in [0.3, 0.4) is 0 Å². The number of fused-ring (bicyclic) bond motifs is 1. The first-order valence-electron chi connectivity index (χ1n) is 7.58. The summed E-state index contributed by atoms with van der Waals surface area (Å²) >= 11 is 0. The number of nitrogens with one attached hydrogen (secondary N) is 1. The molecule has 0 saturated carbocycles. The molecular weight excluding hydrogens is 281 g/mol. The second-order valence-corrected chi connectivity index (χ2v) is 5.88. The summed E-state index contributed by atoms with van der Waals surface area (Å²) in [5.41, 5.74) is 2.18. The van der Waals surface area contributed by atoms with E-state index in [0.717, 1.165) is 42.8 Å². The zero-order valence-corrected chi connectivity index (χ0v) is 12.5. The van der Waals surface area contributed by atoms with Crippen LogP contribution in [0.5, 0.6) is 0 Å². The van der Waals surface area contributed by atoms with Gasteiger partial charge in [-0.3, -0.25) is 0 Å². The van der Waals surface area contributed by atoms with E-state index in [1.54, 1.807) is 12.4 Å². The van der Waals surface area contributed by atoms with E-state index in [9.17, 15) is 4.39 Å². The number of anilines is 1. The third-order valence-corrected chi connectivity index (χ3v) is 4.58. The molecule has 0 radical (unpaired) electrons. The minimum Gasteiger partial charge on any atom is -0.361 e. The molecule has 0 aliphatic carbocycles.